The molecule has 1 aliphatic heterocycles. The highest BCUT2D eigenvalue weighted by molar-refractivity contribution is 5.13. The topological polar surface area (TPSA) is 15.7 Å². The molecule has 17 heavy (non-hydrogen) atoms. The Morgan fingerprint density at radius 3 is 2.47 bits per heavy atom. The minimum absolute atomic E-state index is 0.603. The molecule has 0 bridgehead atoms. The van der Waals surface area contributed by atoms with Crippen LogP contribution in [-0.4, -0.2) is 43.0 Å². The predicted octanol–water partition coefficient (Wildman–Crippen LogP) is 1.92. The summed E-state index contributed by atoms with van der Waals surface area (Å²) in [6.07, 6.45) is 0. The van der Waals surface area contributed by atoms with Crippen LogP contribution in [0.25, 0.3) is 0 Å². The number of ether oxygens (including phenoxy) is 1. The molecule has 1 saturated heterocycles. The van der Waals surface area contributed by atoms with E-state index in [2.05, 4.69) is 35.6 Å². The van der Waals surface area contributed by atoms with Crippen LogP contribution in [0.1, 0.15) is 5.56 Å². The average molecular weight is 232 g/mol. The average Bonchev–Trinajstić information content (AvgIpc) is 2.38. The van der Waals surface area contributed by atoms with Crippen LogP contribution in [0.15, 0.2) is 42.8 Å². The van der Waals surface area contributed by atoms with Crippen molar-refractivity contribution >= 4 is 0 Å². The van der Waals surface area contributed by atoms with Crippen molar-refractivity contribution < 1.29 is 4.74 Å². The van der Waals surface area contributed by atoms with E-state index in [4.69, 9.17) is 4.74 Å². The maximum atomic E-state index is 5.72. The van der Waals surface area contributed by atoms with Crippen molar-refractivity contribution in [2.75, 3.05) is 33.2 Å². The van der Waals surface area contributed by atoms with Gasteiger partial charge in [-0.15, -0.1) is 0 Å². The summed E-state index contributed by atoms with van der Waals surface area (Å²) < 4.78 is 5.72. The second-order valence-electron chi connectivity index (χ2n) is 4.46. The summed E-state index contributed by atoms with van der Waals surface area (Å²) in [5, 5.41) is 0. The van der Waals surface area contributed by atoms with Gasteiger partial charge in [0.2, 0.25) is 0 Å². The maximum Gasteiger partial charge on any atom is 0.182 e. The molecule has 92 valence electrons. The van der Waals surface area contributed by atoms with Gasteiger partial charge in [-0.2, -0.15) is 0 Å². The first-order valence-electron chi connectivity index (χ1n) is 6.05. The van der Waals surface area contributed by atoms with Gasteiger partial charge in [0, 0.05) is 26.2 Å². The lowest BCUT2D eigenvalue weighted by atomic mass is 10.2. The van der Waals surface area contributed by atoms with Crippen LogP contribution in [-0.2, 0) is 11.3 Å². The summed E-state index contributed by atoms with van der Waals surface area (Å²) in [5.74, 6) is 0.793. The van der Waals surface area contributed by atoms with E-state index in [0.717, 1.165) is 32.1 Å². The van der Waals surface area contributed by atoms with Gasteiger partial charge < -0.3 is 14.5 Å². The van der Waals surface area contributed by atoms with Gasteiger partial charge in [-0.05, 0) is 19.2 Å². The van der Waals surface area contributed by atoms with E-state index in [1.807, 2.05) is 18.2 Å². The van der Waals surface area contributed by atoms with Crippen LogP contribution < -0.4 is 0 Å². The van der Waals surface area contributed by atoms with Crippen LogP contribution >= 0.6 is 0 Å². The first-order chi connectivity index (χ1) is 8.25. The van der Waals surface area contributed by atoms with E-state index in [-0.39, 0.29) is 0 Å². The zero-order chi connectivity index (χ0) is 12.1. The number of rotatable bonds is 4. The third-order valence-corrected chi connectivity index (χ3v) is 3.10. The van der Waals surface area contributed by atoms with Gasteiger partial charge >= 0.3 is 0 Å². The summed E-state index contributed by atoms with van der Waals surface area (Å²) in [6.45, 7) is 8.77. The van der Waals surface area contributed by atoms with E-state index in [1.54, 1.807) is 0 Å². The molecule has 0 unspecified atom stereocenters. The molecule has 0 spiro atoms. The van der Waals surface area contributed by atoms with Gasteiger partial charge in [-0.25, -0.2) is 0 Å². The first-order valence-corrected chi connectivity index (χ1v) is 6.05. The largest absolute Gasteiger partial charge is 0.475 e. The number of piperazine rings is 1. The second-order valence-corrected chi connectivity index (χ2v) is 4.46. The fraction of sp³-hybridized carbons (Fsp3) is 0.429. The van der Waals surface area contributed by atoms with E-state index < -0.39 is 0 Å². The van der Waals surface area contributed by atoms with Crippen molar-refractivity contribution in [3.63, 3.8) is 0 Å². The maximum absolute atomic E-state index is 5.72. The van der Waals surface area contributed by atoms with Crippen molar-refractivity contribution in [1.82, 2.24) is 9.80 Å². The Balaban J connectivity index is 1.78. The molecule has 0 amide bonds. The zero-order valence-corrected chi connectivity index (χ0v) is 10.4. The minimum atomic E-state index is 0.603. The molecule has 0 atom stereocenters. The standard InChI is InChI=1S/C14H20N2O/c1-13(16-10-8-15(2)9-11-16)17-12-14-6-4-3-5-7-14/h3-7H,1,8-12H2,2H3. The van der Waals surface area contributed by atoms with Crippen LogP contribution in [0, 0.1) is 0 Å². The molecule has 1 aromatic carbocycles. The lowest BCUT2D eigenvalue weighted by Crippen LogP contribution is -2.44. The van der Waals surface area contributed by atoms with Crippen molar-refractivity contribution in [3.8, 4) is 0 Å². The van der Waals surface area contributed by atoms with Crippen LogP contribution in [0.2, 0.25) is 0 Å². The van der Waals surface area contributed by atoms with E-state index in [0.29, 0.717) is 6.61 Å². The summed E-state index contributed by atoms with van der Waals surface area (Å²) in [7, 11) is 2.14. The third-order valence-electron chi connectivity index (χ3n) is 3.10. The molecular formula is C14H20N2O. The lowest BCUT2D eigenvalue weighted by Gasteiger charge is -2.34. The molecule has 3 heteroatoms. The Labute approximate surface area is 103 Å². The number of hydrogen-bond donors (Lipinski definition) is 0. The van der Waals surface area contributed by atoms with Crippen LogP contribution in [0.4, 0.5) is 0 Å². The van der Waals surface area contributed by atoms with Crippen molar-refractivity contribution in [2.45, 2.75) is 6.61 Å². The predicted molar refractivity (Wildman–Crippen MR) is 69.4 cm³/mol. The highest BCUT2D eigenvalue weighted by Crippen LogP contribution is 2.11. The molecule has 0 radical (unpaired) electrons. The molecule has 0 N–H and O–H groups in total. The fourth-order valence-electron chi connectivity index (χ4n) is 1.89. The molecule has 1 aromatic rings. The van der Waals surface area contributed by atoms with Gasteiger partial charge in [-0.1, -0.05) is 30.3 Å². The Kier molecular flexibility index (Phi) is 4.04. The first kappa shape index (κ1) is 12.0. The van der Waals surface area contributed by atoms with Crippen LogP contribution in [0.5, 0.6) is 0 Å². The summed E-state index contributed by atoms with van der Waals surface area (Å²) in [4.78, 5) is 4.53. The highest BCUT2D eigenvalue weighted by Gasteiger charge is 2.15. The Morgan fingerprint density at radius 2 is 1.82 bits per heavy atom. The van der Waals surface area contributed by atoms with Gasteiger partial charge in [0.05, 0.1) is 0 Å². The molecular weight excluding hydrogens is 212 g/mol. The molecule has 3 nitrogen and oxygen atoms in total. The molecule has 2 rings (SSSR count). The van der Waals surface area contributed by atoms with Gasteiger partial charge in [0.15, 0.2) is 5.88 Å². The monoisotopic (exact) mass is 232 g/mol. The Hall–Kier alpha value is -1.48. The quantitative estimate of drug-likeness (QED) is 0.738. The smallest absolute Gasteiger partial charge is 0.182 e. The van der Waals surface area contributed by atoms with Gasteiger partial charge in [-0.3, -0.25) is 0 Å². The molecule has 1 aliphatic rings. The summed E-state index contributed by atoms with van der Waals surface area (Å²) in [6, 6.07) is 10.2. The molecule has 0 saturated carbocycles. The van der Waals surface area contributed by atoms with Crippen LogP contribution in [0.3, 0.4) is 0 Å². The Bertz CT molecular complexity index is 356. The number of hydrogen-bond acceptors (Lipinski definition) is 3. The molecule has 1 fully saturated rings. The zero-order valence-electron chi connectivity index (χ0n) is 10.4. The fourth-order valence-corrected chi connectivity index (χ4v) is 1.89. The summed E-state index contributed by atoms with van der Waals surface area (Å²) >= 11 is 0. The van der Waals surface area contributed by atoms with Crippen molar-refractivity contribution in [2.24, 2.45) is 0 Å². The third kappa shape index (κ3) is 3.49. The number of likely N-dealkylation sites (N-methyl/N-ethyl adjacent to an activating group) is 1. The summed E-state index contributed by atoms with van der Waals surface area (Å²) in [5.41, 5.74) is 1.18. The lowest BCUT2D eigenvalue weighted by molar-refractivity contribution is 0.0726. The number of nitrogens with zero attached hydrogens (tertiary/aromatic N) is 2. The molecule has 1 heterocycles. The molecule has 0 aromatic heterocycles. The van der Waals surface area contributed by atoms with Gasteiger partial charge in [0.1, 0.15) is 6.61 Å². The SMILES string of the molecule is C=C(OCc1ccccc1)N1CCN(C)CC1. The molecule has 0 aliphatic carbocycles. The Morgan fingerprint density at radius 1 is 1.18 bits per heavy atom. The second kappa shape index (κ2) is 5.73. The van der Waals surface area contributed by atoms with E-state index >= 15 is 0 Å². The normalized spacial score (nSPS) is 16.9. The van der Waals surface area contributed by atoms with Crippen molar-refractivity contribution in [3.05, 3.63) is 48.4 Å². The van der Waals surface area contributed by atoms with Crippen molar-refractivity contribution in [1.29, 1.82) is 0 Å². The highest BCUT2D eigenvalue weighted by atomic mass is 16.5. The van der Waals surface area contributed by atoms with E-state index in [1.165, 1.54) is 5.56 Å². The van der Waals surface area contributed by atoms with Gasteiger partial charge in [0.25, 0.3) is 0 Å². The number of benzene rings is 1. The minimum Gasteiger partial charge on any atom is -0.475 e. The van der Waals surface area contributed by atoms with E-state index in [9.17, 15) is 0 Å².